The molecule has 0 aromatic carbocycles. The molecule has 0 amide bonds. The van der Waals surface area contributed by atoms with Gasteiger partial charge in [-0.05, 0) is 24.2 Å². The second-order valence-corrected chi connectivity index (χ2v) is 8.40. The zero-order chi connectivity index (χ0) is 14.7. The summed E-state index contributed by atoms with van der Waals surface area (Å²) in [6, 6.07) is -0.255. The van der Waals surface area contributed by atoms with E-state index in [4.69, 9.17) is 5.73 Å². The van der Waals surface area contributed by atoms with E-state index < -0.39 is 10.0 Å². The Kier molecular flexibility index (Phi) is 5.83. The van der Waals surface area contributed by atoms with E-state index in [0.717, 1.165) is 25.7 Å². The lowest BCUT2D eigenvalue weighted by Gasteiger charge is -2.38. The van der Waals surface area contributed by atoms with Gasteiger partial charge in [0.25, 0.3) is 0 Å². The predicted molar refractivity (Wildman–Crippen MR) is 80.4 cm³/mol. The fourth-order valence-electron chi connectivity index (χ4n) is 2.47. The van der Waals surface area contributed by atoms with Gasteiger partial charge in [-0.1, -0.05) is 40.5 Å². The number of sulfonamides is 1. The molecule has 0 saturated carbocycles. The molecule has 0 radical (unpaired) electrons. The molecule has 0 spiro atoms. The van der Waals surface area contributed by atoms with E-state index in [2.05, 4.69) is 13.8 Å². The van der Waals surface area contributed by atoms with Gasteiger partial charge >= 0.3 is 0 Å². The van der Waals surface area contributed by atoms with Gasteiger partial charge in [-0.25, -0.2) is 12.7 Å². The lowest BCUT2D eigenvalue weighted by molar-refractivity contribution is 0.168. The van der Waals surface area contributed by atoms with Crippen LogP contribution in [0.2, 0.25) is 0 Å². The van der Waals surface area contributed by atoms with Crippen molar-refractivity contribution in [2.45, 2.75) is 59.4 Å². The first-order valence-electron chi connectivity index (χ1n) is 7.47. The fourth-order valence-corrected chi connectivity index (χ4v) is 4.24. The molecular formula is C14H30N2O2S. The first kappa shape index (κ1) is 16.9. The summed E-state index contributed by atoms with van der Waals surface area (Å²) in [6.07, 6.45) is 3.96. The van der Waals surface area contributed by atoms with E-state index in [1.807, 2.05) is 13.8 Å². The van der Waals surface area contributed by atoms with Crippen molar-refractivity contribution in [1.29, 1.82) is 0 Å². The highest BCUT2D eigenvalue weighted by atomic mass is 32.2. The summed E-state index contributed by atoms with van der Waals surface area (Å²) in [5.41, 5.74) is 6.30. The standard InChI is InChI=1S/C14H30N2O2S/c1-5-12(3)13(15)11-19(17,18)16-9-7-14(4,6-2)8-10-16/h12-13H,5-11,15H2,1-4H3. The Labute approximate surface area is 118 Å². The molecule has 1 fully saturated rings. The minimum absolute atomic E-state index is 0.0881. The van der Waals surface area contributed by atoms with Gasteiger partial charge in [0.1, 0.15) is 0 Å². The average Bonchev–Trinajstić information content (AvgIpc) is 2.37. The first-order chi connectivity index (χ1) is 8.74. The topological polar surface area (TPSA) is 63.4 Å². The van der Waals surface area contributed by atoms with Crippen LogP contribution in [-0.4, -0.2) is 37.6 Å². The molecule has 4 nitrogen and oxygen atoms in total. The number of hydrogen-bond acceptors (Lipinski definition) is 3. The Morgan fingerprint density at radius 1 is 1.26 bits per heavy atom. The molecule has 2 N–H and O–H groups in total. The van der Waals surface area contributed by atoms with Crippen LogP contribution in [0, 0.1) is 11.3 Å². The van der Waals surface area contributed by atoms with E-state index in [9.17, 15) is 8.42 Å². The van der Waals surface area contributed by atoms with Crippen molar-refractivity contribution in [2.24, 2.45) is 17.1 Å². The van der Waals surface area contributed by atoms with Crippen molar-refractivity contribution < 1.29 is 8.42 Å². The van der Waals surface area contributed by atoms with Crippen molar-refractivity contribution >= 4 is 10.0 Å². The summed E-state index contributed by atoms with van der Waals surface area (Å²) < 4.78 is 26.4. The van der Waals surface area contributed by atoms with Crippen LogP contribution in [-0.2, 0) is 10.0 Å². The summed E-state index contributed by atoms with van der Waals surface area (Å²) >= 11 is 0. The smallest absolute Gasteiger partial charge is 0.215 e. The number of hydrogen-bond donors (Lipinski definition) is 1. The summed E-state index contributed by atoms with van der Waals surface area (Å²) in [5.74, 6) is 0.339. The zero-order valence-electron chi connectivity index (χ0n) is 12.9. The van der Waals surface area contributed by atoms with Crippen LogP contribution in [0.4, 0.5) is 0 Å². The molecule has 1 aliphatic heterocycles. The molecule has 0 aromatic rings. The molecule has 114 valence electrons. The van der Waals surface area contributed by atoms with E-state index in [1.165, 1.54) is 0 Å². The summed E-state index contributed by atoms with van der Waals surface area (Å²) in [4.78, 5) is 0. The third-order valence-corrected chi connectivity index (χ3v) is 6.91. The molecule has 1 saturated heterocycles. The molecule has 1 rings (SSSR count). The van der Waals surface area contributed by atoms with Crippen molar-refractivity contribution in [2.75, 3.05) is 18.8 Å². The lowest BCUT2D eigenvalue weighted by atomic mass is 9.79. The van der Waals surface area contributed by atoms with E-state index in [1.54, 1.807) is 4.31 Å². The van der Waals surface area contributed by atoms with Gasteiger partial charge in [-0.3, -0.25) is 0 Å². The van der Waals surface area contributed by atoms with Crippen molar-refractivity contribution in [3.05, 3.63) is 0 Å². The van der Waals surface area contributed by atoms with Crippen LogP contribution in [0.3, 0.4) is 0 Å². The van der Waals surface area contributed by atoms with Gasteiger partial charge in [0, 0.05) is 19.1 Å². The number of piperidine rings is 1. The molecule has 0 bridgehead atoms. The number of rotatable bonds is 6. The van der Waals surface area contributed by atoms with Crippen LogP contribution in [0.1, 0.15) is 53.4 Å². The van der Waals surface area contributed by atoms with E-state index >= 15 is 0 Å². The molecular weight excluding hydrogens is 260 g/mol. The van der Waals surface area contributed by atoms with Crippen molar-refractivity contribution in [3.63, 3.8) is 0 Å². The maximum absolute atomic E-state index is 12.4. The van der Waals surface area contributed by atoms with Crippen LogP contribution in [0.25, 0.3) is 0 Å². The minimum atomic E-state index is -3.19. The zero-order valence-corrected chi connectivity index (χ0v) is 13.7. The molecule has 1 aliphatic rings. The average molecular weight is 290 g/mol. The Morgan fingerprint density at radius 2 is 1.79 bits per heavy atom. The van der Waals surface area contributed by atoms with Gasteiger partial charge in [-0.15, -0.1) is 0 Å². The van der Waals surface area contributed by atoms with Gasteiger partial charge in [-0.2, -0.15) is 0 Å². The summed E-state index contributed by atoms with van der Waals surface area (Å²) in [7, 11) is -3.19. The Hall–Kier alpha value is -0.130. The van der Waals surface area contributed by atoms with Gasteiger partial charge in [0.15, 0.2) is 0 Å². The number of nitrogens with two attached hydrogens (primary N) is 1. The Balaban J connectivity index is 2.60. The third-order valence-electron chi connectivity index (χ3n) is 4.95. The highest BCUT2D eigenvalue weighted by Gasteiger charge is 2.34. The molecule has 0 aliphatic carbocycles. The first-order valence-corrected chi connectivity index (χ1v) is 9.08. The van der Waals surface area contributed by atoms with Gasteiger partial charge in [0.2, 0.25) is 10.0 Å². The molecule has 1 heterocycles. The quantitative estimate of drug-likeness (QED) is 0.815. The van der Waals surface area contributed by atoms with Crippen LogP contribution >= 0.6 is 0 Å². The van der Waals surface area contributed by atoms with Gasteiger partial charge in [0.05, 0.1) is 5.75 Å². The largest absolute Gasteiger partial charge is 0.326 e. The second-order valence-electron chi connectivity index (χ2n) is 6.39. The summed E-state index contributed by atoms with van der Waals surface area (Å²) in [6.45, 7) is 9.81. The molecule has 0 aromatic heterocycles. The summed E-state index contributed by atoms with van der Waals surface area (Å²) in [5, 5.41) is 0. The highest BCUT2D eigenvalue weighted by molar-refractivity contribution is 7.89. The normalized spacial score (nSPS) is 24.1. The Bertz CT molecular complexity index is 373. The highest BCUT2D eigenvalue weighted by Crippen LogP contribution is 2.34. The SMILES string of the molecule is CCC(C)C(N)CS(=O)(=O)N1CCC(C)(CC)CC1. The van der Waals surface area contributed by atoms with Crippen LogP contribution < -0.4 is 5.73 Å². The minimum Gasteiger partial charge on any atom is -0.326 e. The maximum Gasteiger partial charge on any atom is 0.215 e. The molecule has 2 unspecified atom stereocenters. The Morgan fingerprint density at radius 3 is 2.21 bits per heavy atom. The van der Waals surface area contributed by atoms with Crippen LogP contribution in [0.15, 0.2) is 0 Å². The van der Waals surface area contributed by atoms with E-state index in [0.29, 0.717) is 18.5 Å². The molecule has 5 heteroatoms. The van der Waals surface area contributed by atoms with Gasteiger partial charge < -0.3 is 5.73 Å². The monoisotopic (exact) mass is 290 g/mol. The predicted octanol–water partition coefficient (Wildman–Crippen LogP) is 2.20. The second kappa shape index (κ2) is 6.55. The van der Waals surface area contributed by atoms with Crippen molar-refractivity contribution in [1.82, 2.24) is 4.31 Å². The lowest BCUT2D eigenvalue weighted by Crippen LogP contribution is -2.47. The molecule has 2 atom stereocenters. The maximum atomic E-state index is 12.4. The van der Waals surface area contributed by atoms with Crippen molar-refractivity contribution in [3.8, 4) is 0 Å². The van der Waals surface area contributed by atoms with Crippen LogP contribution in [0.5, 0.6) is 0 Å². The third kappa shape index (κ3) is 4.43. The van der Waals surface area contributed by atoms with E-state index in [-0.39, 0.29) is 17.7 Å². The molecule has 19 heavy (non-hydrogen) atoms. The fraction of sp³-hybridized carbons (Fsp3) is 1.00. The number of nitrogens with zero attached hydrogens (tertiary/aromatic N) is 1.